The quantitative estimate of drug-likeness (QED) is 0.726. The van der Waals surface area contributed by atoms with Crippen LogP contribution in [0.2, 0.25) is 0 Å². The summed E-state index contributed by atoms with van der Waals surface area (Å²) in [6.45, 7) is 2.36. The van der Waals surface area contributed by atoms with Crippen LogP contribution in [0.3, 0.4) is 0 Å². The van der Waals surface area contributed by atoms with E-state index in [-0.39, 0.29) is 0 Å². The average molecular weight is 193 g/mol. The van der Waals surface area contributed by atoms with Crippen LogP contribution >= 0.6 is 0 Å². The molecule has 1 heteroatoms. The summed E-state index contributed by atoms with van der Waals surface area (Å²) in [7, 11) is 0. The summed E-state index contributed by atoms with van der Waals surface area (Å²) in [4.78, 5) is 0. The summed E-state index contributed by atoms with van der Waals surface area (Å²) in [5.41, 5.74) is 0.579. The van der Waals surface area contributed by atoms with Crippen molar-refractivity contribution in [2.45, 2.75) is 69.9 Å². The molecule has 0 aromatic rings. The van der Waals surface area contributed by atoms with Crippen LogP contribution in [-0.4, -0.2) is 11.6 Å². The van der Waals surface area contributed by atoms with Gasteiger partial charge in [0.1, 0.15) is 0 Å². The lowest BCUT2D eigenvalue weighted by molar-refractivity contribution is 0.138. The number of hydrogen-bond acceptors (Lipinski definition) is 1. The average Bonchev–Trinajstić information content (AvgIpc) is 2.90. The van der Waals surface area contributed by atoms with Gasteiger partial charge in [-0.15, -0.1) is 0 Å². The minimum atomic E-state index is 0.579. The lowest BCUT2D eigenvalue weighted by atomic mass is 9.73. The highest BCUT2D eigenvalue weighted by atomic mass is 15.0. The lowest BCUT2D eigenvalue weighted by Gasteiger charge is -2.45. The fourth-order valence-corrected chi connectivity index (χ4v) is 3.69. The van der Waals surface area contributed by atoms with Gasteiger partial charge in [0.2, 0.25) is 0 Å². The maximum atomic E-state index is 4.01. The highest BCUT2D eigenvalue weighted by molar-refractivity contribution is 5.04. The van der Waals surface area contributed by atoms with Crippen LogP contribution in [0.1, 0.15) is 58.3 Å². The third-order valence-electron chi connectivity index (χ3n) is 5.06. The molecule has 3 aliphatic rings. The Morgan fingerprint density at radius 3 is 2.71 bits per heavy atom. The Bertz CT molecular complexity index is 214. The standard InChI is InChI=1S/C13H23N/c1-2-13(7-4-8-13)14-12-6-3-5-10-9-11(10)12/h10-12,14H,2-9H2,1H3/t10-,11+,12?/m0/s1. The molecule has 3 atom stereocenters. The van der Waals surface area contributed by atoms with Crippen LogP contribution in [0.5, 0.6) is 0 Å². The fourth-order valence-electron chi connectivity index (χ4n) is 3.69. The molecule has 0 bridgehead atoms. The van der Waals surface area contributed by atoms with E-state index in [2.05, 4.69) is 12.2 Å². The lowest BCUT2D eigenvalue weighted by Crippen LogP contribution is -2.55. The highest BCUT2D eigenvalue weighted by Gasteiger charge is 2.48. The molecule has 3 saturated carbocycles. The van der Waals surface area contributed by atoms with Crippen molar-refractivity contribution in [3.05, 3.63) is 0 Å². The molecule has 80 valence electrons. The summed E-state index contributed by atoms with van der Waals surface area (Å²) >= 11 is 0. The molecule has 0 saturated heterocycles. The summed E-state index contributed by atoms with van der Waals surface area (Å²) in [6.07, 6.45) is 11.7. The van der Waals surface area contributed by atoms with Crippen molar-refractivity contribution in [1.29, 1.82) is 0 Å². The first kappa shape index (κ1) is 9.21. The number of rotatable bonds is 3. The molecule has 0 radical (unpaired) electrons. The minimum Gasteiger partial charge on any atom is -0.308 e. The predicted octanol–water partition coefficient (Wildman–Crippen LogP) is 3.10. The molecule has 0 heterocycles. The van der Waals surface area contributed by atoms with Gasteiger partial charge < -0.3 is 5.32 Å². The second-order valence-electron chi connectivity index (χ2n) is 5.83. The molecule has 0 aliphatic heterocycles. The van der Waals surface area contributed by atoms with Crippen molar-refractivity contribution < 1.29 is 0 Å². The molecule has 3 aliphatic carbocycles. The Labute approximate surface area is 87.7 Å². The third kappa shape index (κ3) is 1.41. The van der Waals surface area contributed by atoms with Crippen molar-refractivity contribution in [1.82, 2.24) is 5.32 Å². The summed E-state index contributed by atoms with van der Waals surface area (Å²) in [5.74, 6) is 2.20. The monoisotopic (exact) mass is 193 g/mol. The van der Waals surface area contributed by atoms with Crippen molar-refractivity contribution in [3.63, 3.8) is 0 Å². The van der Waals surface area contributed by atoms with Crippen molar-refractivity contribution >= 4 is 0 Å². The normalized spacial score (nSPS) is 43.9. The molecule has 1 unspecified atom stereocenters. The Morgan fingerprint density at radius 1 is 1.21 bits per heavy atom. The number of nitrogens with one attached hydrogen (secondary N) is 1. The largest absolute Gasteiger partial charge is 0.308 e. The molecule has 1 N–H and O–H groups in total. The smallest absolute Gasteiger partial charge is 0.0181 e. The third-order valence-corrected chi connectivity index (χ3v) is 5.06. The molecular formula is C13H23N. The van der Waals surface area contributed by atoms with E-state index in [1.807, 2.05) is 0 Å². The van der Waals surface area contributed by atoms with E-state index in [9.17, 15) is 0 Å². The van der Waals surface area contributed by atoms with Crippen LogP contribution in [0, 0.1) is 11.8 Å². The molecule has 3 rings (SSSR count). The summed E-state index contributed by atoms with van der Waals surface area (Å²) in [5, 5.41) is 4.01. The Morgan fingerprint density at radius 2 is 2.07 bits per heavy atom. The zero-order valence-electron chi connectivity index (χ0n) is 9.39. The maximum absolute atomic E-state index is 4.01. The van der Waals surface area contributed by atoms with Gasteiger partial charge in [-0.2, -0.15) is 0 Å². The summed E-state index contributed by atoms with van der Waals surface area (Å²) in [6, 6.07) is 0.897. The van der Waals surface area contributed by atoms with Crippen LogP contribution in [0.15, 0.2) is 0 Å². The predicted molar refractivity (Wildman–Crippen MR) is 59.2 cm³/mol. The van der Waals surface area contributed by atoms with Crippen molar-refractivity contribution in [3.8, 4) is 0 Å². The topological polar surface area (TPSA) is 12.0 Å². The number of hydrogen-bond donors (Lipinski definition) is 1. The van der Waals surface area contributed by atoms with Gasteiger partial charge in [0.25, 0.3) is 0 Å². The van der Waals surface area contributed by atoms with Gasteiger partial charge in [0, 0.05) is 11.6 Å². The minimum absolute atomic E-state index is 0.579. The van der Waals surface area contributed by atoms with Gasteiger partial charge in [-0.25, -0.2) is 0 Å². The van der Waals surface area contributed by atoms with Gasteiger partial charge in [0.05, 0.1) is 0 Å². The second kappa shape index (κ2) is 3.23. The zero-order valence-corrected chi connectivity index (χ0v) is 9.39. The molecule has 0 aromatic heterocycles. The molecule has 14 heavy (non-hydrogen) atoms. The van der Waals surface area contributed by atoms with E-state index in [1.165, 1.54) is 51.4 Å². The van der Waals surface area contributed by atoms with E-state index in [0.717, 1.165) is 17.9 Å². The molecular weight excluding hydrogens is 170 g/mol. The Balaban J connectivity index is 1.60. The van der Waals surface area contributed by atoms with Crippen LogP contribution in [0.25, 0.3) is 0 Å². The zero-order chi connectivity index (χ0) is 9.60. The number of fused-ring (bicyclic) bond motifs is 1. The van der Waals surface area contributed by atoms with Gasteiger partial charge >= 0.3 is 0 Å². The second-order valence-corrected chi connectivity index (χ2v) is 5.83. The van der Waals surface area contributed by atoms with Gasteiger partial charge in [-0.3, -0.25) is 0 Å². The van der Waals surface area contributed by atoms with E-state index >= 15 is 0 Å². The van der Waals surface area contributed by atoms with Crippen LogP contribution in [-0.2, 0) is 0 Å². The van der Waals surface area contributed by atoms with Crippen molar-refractivity contribution in [2.75, 3.05) is 0 Å². The van der Waals surface area contributed by atoms with Crippen LogP contribution in [0.4, 0.5) is 0 Å². The summed E-state index contributed by atoms with van der Waals surface area (Å²) < 4.78 is 0. The van der Waals surface area contributed by atoms with Gasteiger partial charge in [0.15, 0.2) is 0 Å². The van der Waals surface area contributed by atoms with Gasteiger partial charge in [-0.1, -0.05) is 19.8 Å². The molecule has 0 spiro atoms. The van der Waals surface area contributed by atoms with E-state index in [4.69, 9.17) is 0 Å². The highest BCUT2D eigenvalue weighted by Crippen LogP contribution is 2.51. The molecule has 0 aromatic carbocycles. The molecule has 1 nitrogen and oxygen atoms in total. The van der Waals surface area contributed by atoms with Crippen LogP contribution < -0.4 is 5.32 Å². The van der Waals surface area contributed by atoms with Crippen molar-refractivity contribution in [2.24, 2.45) is 11.8 Å². The first-order valence-electron chi connectivity index (χ1n) is 6.61. The first-order chi connectivity index (χ1) is 6.83. The van der Waals surface area contributed by atoms with E-state index < -0.39 is 0 Å². The Kier molecular flexibility index (Phi) is 2.12. The fraction of sp³-hybridized carbons (Fsp3) is 1.00. The van der Waals surface area contributed by atoms with E-state index in [0.29, 0.717) is 5.54 Å². The van der Waals surface area contributed by atoms with E-state index in [1.54, 1.807) is 0 Å². The van der Waals surface area contributed by atoms with Gasteiger partial charge in [-0.05, 0) is 50.4 Å². The molecule has 3 fully saturated rings. The SMILES string of the molecule is CCC1(NC2CCC[C@H]3C[C@@H]23)CCC1. The Hall–Kier alpha value is -0.0400. The maximum Gasteiger partial charge on any atom is 0.0181 e. The first-order valence-corrected chi connectivity index (χ1v) is 6.61. The molecule has 0 amide bonds.